The second-order valence-electron chi connectivity index (χ2n) is 6.41. The van der Waals surface area contributed by atoms with Crippen molar-refractivity contribution in [3.8, 4) is 0 Å². The Morgan fingerprint density at radius 2 is 1.92 bits per heavy atom. The fraction of sp³-hybridized carbons (Fsp3) is 0.556. The van der Waals surface area contributed by atoms with E-state index in [0.29, 0.717) is 6.54 Å². The predicted octanol–water partition coefficient (Wildman–Crippen LogP) is 2.21. The molecule has 2 heterocycles. The second-order valence-corrected chi connectivity index (χ2v) is 7.47. The number of likely N-dealkylation sites (tertiary alicyclic amines) is 1. The number of hydrogen-bond acceptors (Lipinski definition) is 4. The van der Waals surface area contributed by atoms with Gasteiger partial charge >= 0.3 is 0 Å². The zero-order valence-corrected chi connectivity index (χ0v) is 15.6. The van der Waals surface area contributed by atoms with Crippen molar-refractivity contribution in [2.75, 3.05) is 30.7 Å². The number of benzene rings is 1. The van der Waals surface area contributed by atoms with E-state index in [9.17, 15) is 4.39 Å². The summed E-state index contributed by atoms with van der Waals surface area (Å²) >= 11 is 1.80. The highest BCUT2D eigenvalue weighted by Gasteiger charge is 2.15. The number of rotatable bonds is 8. The number of anilines is 1. The lowest BCUT2D eigenvalue weighted by Gasteiger charge is -2.23. The molecule has 1 aromatic heterocycles. The van der Waals surface area contributed by atoms with Crippen molar-refractivity contribution in [1.82, 2.24) is 14.8 Å². The summed E-state index contributed by atoms with van der Waals surface area (Å²) in [6.07, 6.45) is 4.12. The van der Waals surface area contributed by atoms with E-state index in [-0.39, 0.29) is 5.82 Å². The van der Waals surface area contributed by atoms with Crippen LogP contribution in [0.4, 0.5) is 10.1 Å². The second kappa shape index (κ2) is 9.20. The highest BCUT2D eigenvalue weighted by molar-refractivity contribution is 7.99. The minimum absolute atomic E-state index is 0.225. The Morgan fingerprint density at radius 1 is 1.16 bits per heavy atom. The van der Waals surface area contributed by atoms with Gasteiger partial charge in [-0.2, -0.15) is 0 Å². The Kier molecular flexibility index (Phi) is 6.69. The van der Waals surface area contributed by atoms with E-state index in [4.69, 9.17) is 0 Å². The summed E-state index contributed by atoms with van der Waals surface area (Å²) in [6, 6.07) is 6.38. The van der Waals surface area contributed by atoms with Crippen molar-refractivity contribution in [3.05, 3.63) is 35.9 Å². The van der Waals surface area contributed by atoms with Crippen LogP contribution in [0.3, 0.4) is 0 Å². The van der Waals surface area contributed by atoms with Crippen LogP contribution in [0.25, 0.3) is 0 Å². The van der Waals surface area contributed by atoms with Gasteiger partial charge in [-0.25, -0.2) is 4.39 Å². The first-order chi connectivity index (χ1) is 12.3. The van der Waals surface area contributed by atoms with E-state index in [2.05, 4.69) is 27.0 Å². The standard InChI is InChI=1S/C18H26FN5S/c1-2-24-17(14-20-16-8-6-15(19)7-9-16)21-22-18(24)25-13-12-23-10-4-3-5-11-23/h6-9,20H,2-5,10-14H2,1H3/p+1. The number of nitrogens with one attached hydrogen (secondary N) is 2. The van der Waals surface area contributed by atoms with Crippen molar-refractivity contribution in [3.63, 3.8) is 0 Å². The molecule has 0 unspecified atom stereocenters. The molecule has 1 fully saturated rings. The van der Waals surface area contributed by atoms with Crippen LogP contribution in [0.1, 0.15) is 32.0 Å². The van der Waals surface area contributed by atoms with E-state index in [0.717, 1.165) is 29.0 Å². The van der Waals surface area contributed by atoms with Crippen molar-refractivity contribution in [2.24, 2.45) is 0 Å². The average Bonchev–Trinajstić information content (AvgIpc) is 3.04. The third-order valence-electron chi connectivity index (χ3n) is 4.65. The first kappa shape index (κ1) is 18.2. The van der Waals surface area contributed by atoms with Gasteiger partial charge in [0.15, 0.2) is 11.0 Å². The number of hydrogen-bond donors (Lipinski definition) is 2. The third kappa shape index (κ3) is 5.19. The minimum atomic E-state index is -0.225. The smallest absolute Gasteiger partial charge is 0.191 e. The molecule has 0 atom stereocenters. The molecule has 0 spiro atoms. The molecular formula is C18H27FN5S+. The number of aromatic nitrogens is 3. The van der Waals surface area contributed by atoms with Crippen LogP contribution in [0, 0.1) is 5.82 Å². The molecular weight excluding hydrogens is 337 g/mol. The van der Waals surface area contributed by atoms with Gasteiger partial charge in [0, 0.05) is 12.2 Å². The fourth-order valence-electron chi connectivity index (χ4n) is 3.21. The Bertz CT molecular complexity index is 652. The SMILES string of the molecule is CCn1c(CNc2ccc(F)cc2)nnc1SCC[NH+]1CCCCC1. The van der Waals surface area contributed by atoms with E-state index in [1.807, 2.05) is 0 Å². The molecule has 0 aliphatic carbocycles. The van der Waals surface area contributed by atoms with Gasteiger partial charge in [0.05, 0.1) is 31.9 Å². The van der Waals surface area contributed by atoms with Crippen molar-refractivity contribution in [2.45, 2.75) is 44.4 Å². The molecule has 1 aliphatic heterocycles. The summed E-state index contributed by atoms with van der Waals surface area (Å²) in [6.45, 7) is 7.38. The summed E-state index contributed by atoms with van der Waals surface area (Å²) in [7, 11) is 0. The lowest BCUT2D eigenvalue weighted by atomic mass is 10.1. The lowest BCUT2D eigenvalue weighted by molar-refractivity contribution is -0.902. The Balaban J connectivity index is 1.52. The van der Waals surface area contributed by atoms with Gasteiger partial charge in [-0.3, -0.25) is 0 Å². The zero-order valence-electron chi connectivity index (χ0n) is 14.8. The fourth-order valence-corrected chi connectivity index (χ4v) is 4.27. The quantitative estimate of drug-likeness (QED) is 0.705. The Morgan fingerprint density at radius 3 is 2.64 bits per heavy atom. The van der Waals surface area contributed by atoms with Crippen LogP contribution in [-0.2, 0) is 13.1 Å². The van der Waals surface area contributed by atoms with Gasteiger partial charge in [-0.05, 0) is 50.5 Å². The van der Waals surface area contributed by atoms with Gasteiger partial charge in [0.2, 0.25) is 0 Å². The van der Waals surface area contributed by atoms with Gasteiger partial charge in [0.25, 0.3) is 0 Å². The van der Waals surface area contributed by atoms with Crippen molar-refractivity contribution >= 4 is 17.4 Å². The Hall–Kier alpha value is -1.60. The minimum Gasteiger partial charge on any atom is -0.378 e. The molecule has 1 aliphatic rings. The lowest BCUT2D eigenvalue weighted by Crippen LogP contribution is -3.13. The van der Waals surface area contributed by atoms with E-state index < -0.39 is 0 Å². The summed E-state index contributed by atoms with van der Waals surface area (Å²) < 4.78 is 15.1. The number of quaternary nitrogens is 1. The largest absolute Gasteiger partial charge is 0.378 e. The molecule has 1 saturated heterocycles. The average molecular weight is 365 g/mol. The molecule has 0 radical (unpaired) electrons. The highest BCUT2D eigenvalue weighted by Crippen LogP contribution is 2.17. The van der Waals surface area contributed by atoms with Gasteiger partial charge in [-0.1, -0.05) is 11.8 Å². The molecule has 2 aromatic rings. The van der Waals surface area contributed by atoms with Crippen molar-refractivity contribution < 1.29 is 9.29 Å². The summed E-state index contributed by atoms with van der Waals surface area (Å²) in [4.78, 5) is 1.72. The molecule has 0 saturated carbocycles. The van der Waals surface area contributed by atoms with Crippen LogP contribution >= 0.6 is 11.8 Å². The van der Waals surface area contributed by atoms with E-state index in [1.165, 1.54) is 51.0 Å². The first-order valence-electron chi connectivity index (χ1n) is 9.14. The number of nitrogens with zero attached hydrogens (tertiary/aromatic N) is 3. The third-order valence-corrected chi connectivity index (χ3v) is 5.62. The molecule has 5 nitrogen and oxygen atoms in total. The maximum Gasteiger partial charge on any atom is 0.191 e. The molecule has 1 aromatic carbocycles. The number of halogens is 1. The van der Waals surface area contributed by atoms with Crippen molar-refractivity contribution in [1.29, 1.82) is 0 Å². The molecule has 136 valence electrons. The Labute approximate surface area is 153 Å². The van der Waals surface area contributed by atoms with Gasteiger partial charge in [-0.15, -0.1) is 10.2 Å². The molecule has 3 rings (SSSR count). The molecule has 0 amide bonds. The molecule has 25 heavy (non-hydrogen) atoms. The van der Waals surface area contributed by atoms with E-state index >= 15 is 0 Å². The van der Waals surface area contributed by atoms with Crippen LogP contribution < -0.4 is 10.2 Å². The maximum atomic E-state index is 13.0. The van der Waals surface area contributed by atoms with Crippen LogP contribution in [0.15, 0.2) is 29.4 Å². The number of piperidine rings is 1. The van der Waals surface area contributed by atoms with Crippen LogP contribution in [0.5, 0.6) is 0 Å². The molecule has 7 heteroatoms. The summed E-state index contributed by atoms with van der Waals surface area (Å²) in [5.41, 5.74) is 0.884. The van der Waals surface area contributed by atoms with Crippen LogP contribution in [0.2, 0.25) is 0 Å². The first-order valence-corrected chi connectivity index (χ1v) is 10.1. The van der Waals surface area contributed by atoms with E-state index in [1.54, 1.807) is 28.8 Å². The maximum absolute atomic E-state index is 13.0. The summed E-state index contributed by atoms with van der Waals surface area (Å²) in [5.74, 6) is 1.77. The topological polar surface area (TPSA) is 47.2 Å². The molecule has 0 bridgehead atoms. The summed E-state index contributed by atoms with van der Waals surface area (Å²) in [5, 5.41) is 13.0. The van der Waals surface area contributed by atoms with Gasteiger partial charge in [0.1, 0.15) is 5.82 Å². The number of thioether (sulfide) groups is 1. The highest BCUT2D eigenvalue weighted by atomic mass is 32.2. The van der Waals surface area contributed by atoms with Gasteiger partial charge < -0.3 is 14.8 Å². The zero-order chi connectivity index (χ0) is 17.5. The predicted molar refractivity (Wildman–Crippen MR) is 99.6 cm³/mol. The normalized spacial score (nSPS) is 15.4. The monoisotopic (exact) mass is 364 g/mol. The molecule has 2 N–H and O–H groups in total. The van der Waals surface area contributed by atoms with Crippen LogP contribution in [-0.4, -0.2) is 40.2 Å².